The Balaban J connectivity index is 4.30. The topological polar surface area (TPSA) is 43.4 Å². The van der Waals surface area contributed by atoms with Crippen molar-refractivity contribution in [1.82, 2.24) is 0 Å². The minimum absolute atomic E-state index is 0.110. The van der Waals surface area contributed by atoms with Crippen molar-refractivity contribution in [3.63, 3.8) is 0 Å². The van der Waals surface area contributed by atoms with Crippen LogP contribution in [-0.2, 0) is 14.0 Å². The zero-order chi connectivity index (χ0) is 12.8. The number of hydrogen-bond acceptors (Lipinski definition) is 3. The molecule has 0 saturated heterocycles. The van der Waals surface area contributed by atoms with Gasteiger partial charge in [-0.3, -0.25) is 0 Å². The normalized spacial score (nSPS) is 14.6. The molecule has 0 rings (SSSR count). The predicted octanol–water partition coefficient (Wildman–Crippen LogP) is 2.94. The second-order valence-corrected chi connectivity index (χ2v) is 10.4. The van der Waals surface area contributed by atoms with Gasteiger partial charge in [-0.1, -0.05) is 20.8 Å². The van der Waals surface area contributed by atoms with Crippen molar-refractivity contribution in [3.05, 3.63) is 0 Å². The Morgan fingerprint density at radius 2 is 1.81 bits per heavy atom. The molecule has 0 amide bonds. The summed E-state index contributed by atoms with van der Waals surface area (Å²) in [4.78, 5) is 21.1. The van der Waals surface area contributed by atoms with Crippen molar-refractivity contribution in [1.29, 1.82) is 0 Å². The third-order valence-electron chi connectivity index (χ3n) is 3.21. The number of hydrogen-bond donors (Lipinski definition) is 0. The Hall–Kier alpha value is -0.483. The van der Waals surface area contributed by atoms with Crippen LogP contribution in [0.5, 0.6) is 0 Å². The van der Waals surface area contributed by atoms with E-state index in [1.165, 1.54) is 0 Å². The molecule has 0 aromatic rings. The smallest absolute Gasteiger partial charge is 0.193 e. The predicted molar refractivity (Wildman–Crippen MR) is 68.0 cm³/mol. The van der Waals surface area contributed by atoms with Crippen LogP contribution in [0.25, 0.3) is 0 Å². The van der Waals surface area contributed by atoms with Crippen LogP contribution >= 0.6 is 0 Å². The average molecular weight is 244 g/mol. The van der Waals surface area contributed by atoms with Gasteiger partial charge in [0.1, 0.15) is 18.7 Å². The monoisotopic (exact) mass is 244 g/mol. The molecular weight excluding hydrogens is 220 g/mol. The Labute approximate surface area is 99.7 Å². The van der Waals surface area contributed by atoms with Crippen LogP contribution in [0, 0.1) is 0 Å². The van der Waals surface area contributed by atoms with Crippen LogP contribution < -0.4 is 0 Å². The van der Waals surface area contributed by atoms with Crippen LogP contribution in [0.3, 0.4) is 0 Å². The lowest BCUT2D eigenvalue weighted by Gasteiger charge is -2.38. The highest BCUT2D eigenvalue weighted by atomic mass is 28.4. The molecule has 0 N–H and O–H groups in total. The first kappa shape index (κ1) is 15.5. The van der Waals surface area contributed by atoms with E-state index < -0.39 is 8.32 Å². The molecule has 1 unspecified atom stereocenters. The molecule has 0 aromatic heterocycles. The summed E-state index contributed by atoms with van der Waals surface area (Å²) >= 11 is 0. The van der Waals surface area contributed by atoms with Gasteiger partial charge < -0.3 is 14.0 Å². The lowest BCUT2D eigenvalue weighted by Crippen LogP contribution is -2.44. The number of unbranched alkanes of at least 4 members (excludes halogenated alkanes) is 1. The first-order chi connectivity index (χ1) is 7.24. The van der Waals surface area contributed by atoms with Gasteiger partial charge in [0, 0.05) is 6.42 Å². The molecule has 0 aliphatic rings. The highest BCUT2D eigenvalue weighted by Gasteiger charge is 2.38. The third kappa shape index (κ3) is 5.03. The summed E-state index contributed by atoms with van der Waals surface area (Å²) in [6.45, 7) is 10.7. The zero-order valence-corrected chi connectivity index (χ0v) is 12.1. The van der Waals surface area contributed by atoms with Crippen molar-refractivity contribution in [2.45, 2.75) is 64.3 Å². The van der Waals surface area contributed by atoms with Gasteiger partial charge in [0.2, 0.25) is 0 Å². The molecule has 3 nitrogen and oxygen atoms in total. The van der Waals surface area contributed by atoms with Gasteiger partial charge in [-0.2, -0.15) is 0 Å². The molecule has 0 aliphatic heterocycles. The van der Waals surface area contributed by atoms with Crippen LogP contribution in [0.2, 0.25) is 18.1 Å². The molecule has 0 bridgehead atoms. The van der Waals surface area contributed by atoms with Gasteiger partial charge >= 0.3 is 0 Å². The maximum atomic E-state index is 10.9. The maximum Gasteiger partial charge on any atom is 0.193 e. The molecule has 16 heavy (non-hydrogen) atoms. The summed E-state index contributed by atoms with van der Waals surface area (Å²) < 4.78 is 5.95. The molecule has 0 heterocycles. The SMILES string of the molecule is CC(C)(C)[Si](C)(C)OC(C=O)CCCC=O. The van der Waals surface area contributed by atoms with Crippen molar-refractivity contribution >= 4 is 20.9 Å². The fourth-order valence-corrected chi connectivity index (χ4v) is 2.40. The van der Waals surface area contributed by atoms with E-state index in [0.717, 1.165) is 19.0 Å². The third-order valence-corrected chi connectivity index (χ3v) is 7.72. The Morgan fingerprint density at radius 3 is 2.19 bits per heavy atom. The summed E-state index contributed by atoms with van der Waals surface area (Å²) in [7, 11) is -1.87. The number of carbonyl (C=O) groups is 2. The number of carbonyl (C=O) groups excluding carboxylic acids is 2. The Kier molecular flexibility index (Phi) is 6.11. The van der Waals surface area contributed by atoms with E-state index in [2.05, 4.69) is 33.9 Å². The van der Waals surface area contributed by atoms with Crippen LogP contribution in [0.15, 0.2) is 0 Å². The van der Waals surface area contributed by atoms with Gasteiger partial charge in [-0.15, -0.1) is 0 Å². The van der Waals surface area contributed by atoms with Crippen LogP contribution in [0.1, 0.15) is 40.0 Å². The van der Waals surface area contributed by atoms with Gasteiger partial charge in [0.15, 0.2) is 8.32 Å². The standard InChI is InChI=1S/C12H24O3Si/c1-12(2,3)16(4,5)15-11(10-14)8-6-7-9-13/h9-11H,6-8H2,1-5H3. The minimum Gasteiger partial charge on any atom is -0.407 e. The van der Waals surface area contributed by atoms with Crippen molar-refractivity contribution in [2.24, 2.45) is 0 Å². The molecule has 4 heteroatoms. The fraction of sp³-hybridized carbons (Fsp3) is 0.833. The van der Waals surface area contributed by atoms with Crippen molar-refractivity contribution < 1.29 is 14.0 Å². The van der Waals surface area contributed by atoms with E-state index in [1.807, 2.05) is 0 Å². The van der Waals surface area contributed by atoms with Crippen LogP contribution in [0.4, 0.5) is 0 Å². The van der Waals surface area contributed by atoms with Gasteiger partial charge in [-0.25, -0.2) is 0 Å². The summed E-state index contributed by atoms with van der Waals surface area (Å²) in [5.41, 5.74) is 0. The quantitative estimate of drug-likeness (QED) is 0.393. The number of aldehydes is 2. The molecule has 0 aromatic carbocycles. The lowest BCUT2D eigenvalue weighted by atomic mass is 10.2. The molecule has 0 fully saturated rings. The van der Waals surface area contributed by atoms with Crippen molar-refractivity contribution in [3.8, 4) is 0 Å². The lowest BCUT2D eigenvalue weighted by molar-refractivity contribution is -0.115. The second kappa shape index (κ2) is 6.30. The molecule has 1 atom stereocenters. The maximum absolute atomic E-state index is 10.9. The molecule has 0 radical (unpaired) electrons. The highest BCUT2D eigenvalue weighted by molar-refractivity contribution is 6.74. The molecule has 0 saturated carbocycles. The summed E-state index contributed by atoms with van der Waals surface area (Å²) in [6, 6.07) is 0. The van der Waals surface area contributed by atoms with E-state index in [0.29, 0.717) is 12.8 Å². The minimum atomic E-state index is -1.87. The molecule has 94 valence electrons. The van der Waals surface area contributed by atoms with E-state index in [-0.39, 0.29) is 11.1 Å². The average Bonchev–Trinajstić information content (AvgIpc) is 2.14. The van der Waals surface area contributed by atoms with E-state index in [4.69, 9.17) is 4.43 Å². The summed E-state index contributed by atoms with van der Waals surface area (Å²) in [5.74, 6) is 0. The first-order valence-corrected chi connectivity index (χ1v) is 8.72. The van der Waals surface area contributed by atoms with E-state index in [9.17, 15) is 9.59 Å². The van der Waals surface area contributed by atoms with Crippen LogP contribution in [-0.4, -0.2) is 27.0 Å². The zero-order valence-electron chi connectivity index (χ0n) is 11.1. The number of rotatable bonds is 7. The van der Waals surface area contributed by atoms with Crippen molar-refractivity contribution in [2.75, 3.05) is 0 Å². The van der Waals surface area contributed by atoms with Gasteiger partial charge in [0.05, 0.1) is 0 Å². The fourth-order valence-electron chi connectivity index (χ4n) is 1.11. The van der Waals surface area contributed by atoms with E-state index >= 15 is 0 Å². The van der Waals surface area contributed by atoms with E-state index in [1.54, 1.807) is 0 Å². The highest BCUT2D eigenvalue weighted by Crippen LogP contribution is 2.37. The first-order valence-electron chi connectivity index (χ1n) is 5.81. The van der Waals surface area contributed by atoms with Gasteiger partial charge in [-0.05, 0) is 31.0 Å². The summed E-state index contributed by atoms with van der Waals surface area (Å²) in [5, 5.41) is 0.110. The molecule has 0 spiro atoms. The molecular formula is C12H24O3Si. The van der Waals surface area contributed by atoms with Gasteiger partial charge in [0.25, 0.3) is 0 Å². The Morgan fingerprint density at radius 1 is 1.25 bits per heavy atom. The second-order valence-electron chi connectivity index (χ2n) is 5.65. The largest absolute Gasteiger partial charge is 0.407 e. The summed E-state index contributed by atoms with van der Waals surface area (Å²) in [6.07, 6.45) is 3.28. The Bertz CT molecular complexity index is 231. The molecule has 0 aliphatic carbocycles.